The maximum atomic E-state index is 5.54. The van der Waals surface area contributed by atoms with Crippen molar-refractivity contribution in [3.63, 3.8) is 0 Å². The second-order valence-electron chi connectivity index (χ2n) is 18.5. The topological polar surface area (TPSA) is 34.0 Å². The van der Waals surface area contributed by atoms with E-state index in [2.05, 4.69) is 242 Å². The van der Waals surface area contributed by atoms with E-state index >= 15 is 0 Å². The first-order valence-electron chi connectivity index (χ1n) is 23.4. The molecule has 0 amide bonds. The fourth-order valence-corrected chi connectivity index (χ4v) is 10.9. The van der Waals surface area contributed by atoms with Gasteiger partial charge in [0.1, 0.15) is 11.6 Å². The quantitative estimate of drug-likeness (QED) is 0.167. The number of benzene rings is 8. The van der Waals surface area contributed by atoms with E-state index in [9.17, 15) is 0 Å². The fraction of sp³-hybridized carbons (Fsp3) is 0.0794. The third kappa shape index (κ3) is 6.35. The monoisotopic (exact) mass is 858 g/mol. The largest absolute Gasteiger partial charge is 0.294 e. The van der Waals surface area contributed by atoms with E-state index in [1.807, 2.05) is 0 Å². The van der Waals surface area contributed by atoms with Gasteiger partial charge in [-0.25, -0.2) is 9.97 Å². The summed E-state index contributed by atoms with van der Waals surface area (Å²) in [4.78, 5) is 13.4. The highest BCUT2D eigenvalue weighted by molar-refractivity contribution is 6.12. The van der Waals surface area contributed by atoms with Crippen molar-refractivity contribution in [2.45, 2.75) is 32.1 Å². The van der Waals surface area contributed by atoms with Crippen LogP contribution in [0.25, 0.3) is 88.4 Å². The summed E-state index contributed by atoms with van der Waals surface area (Å²) in [5.74, 6) is 1.76. The highest BCUT2D eigenvalue weighted by Gasteiger charge is 2.38. The van der Waals surface area contributed by atoms with Gasteiger partial charge in [-0.05, 0) is 129 Å². The first-order valence-corrected chi connectivity index (χ1v) is 23.4. The molecule has 4 heteroatoms. The van der Waals surface area contributed by atoms with Gasteiger partial charge in [0, 0.05) is 27.0 Å². The Morgan fingerprint density at radius 2 is 1.01 bits per heavy atom. The van der Waals surface area contributed by atoms with Crippen LogP contribution in [0.5, 0.6) is 0 Å². The first-order chi connectivity index (χ1) is 33.0. The summed E-state index contributed by atoms with van der Waals surface area (Å²) in [6, 6.07) is 72.8. The summed E-state index contributed by atoms with van der Waals surface area (Å²) in [5, 5.41) is 4.64. The predicted molar refractivity (Wildman–Crippen MR) is 281 cm³/mol. The molecule has 1 aliphatic carbocycles. The Morgan fingerprint density at radius 3 is 1.76 bits per heavy atom. The first kappa shape index (κ1) is 39.1. The Balaban J connectivity index is 1.06. The number of anilines is 3. The maximum Gasteiger partial charge on any atom is 0.138 e. The number of rotatable bonds is 6. The van der Waals surface area contributed by atoms with Gasteiger partial charge in [0.25, 0.3) is 0 Å². The Hall–Kier alpha value is -8.34. The normalized spacial score (nSPS) is 14.1. The van der Waals surface area contributed by atoms with Gasteiger partial charge in [0.2, 0.25) is 0 Å². The molecule has 3 aromatic heterocycles. The zero-order valence-corrected chi connectivity index (χ0v) is 37.5. The fourth-order valence-electron chi connectivity index (χ4n) is 10.9. The molecule has 0 spiro atoms. The number of hydrogen-bond donors (Lipinski definition) is 0. The van der Waals surface area contributed by atoms with Crippen LogP contribution in [-0.2, 0) is 5.41 Å². The van der Waals surface area contributed by atoms with Crippen molar-refractivity contribution in [1.82, 2.24) is 14.5 Å². The molecule has 1 aliphatic heterocycles. The predicted octanol–water partition coefficient (Wildman–Crippen LogP) is 16.7. The highest BCUT2D eigenvalue weighted by Crippen LogP contribution is 2.54. The molecule has 0 N–H and O–H groups in total. The molecule has 0 atom stereocenters. The molecule has 2 aliphatic rings. The number of nitrogens with zero attached hydrogens (tertiary/aromatic N) is 4. The van der Waals surface area contributed by atoms with Crippen LogP contribution in [0.4, 0.5) is 17.2 Å². The van der Waals surface area contributed by atoms with Crippen LogP contribution >= 0.6 is 0 Å². The molecule has 0 radical (unpaired) electrons. The maximum absolute atomic E-state index is 5.54. The van der Waals surface area contributed by atoms with Crippen molar-refractivity contribution in [1.29, 1.82) is 0 Å². The van der Waals surface area contributed by atoms with Crippen LogP contribution in [0.3, 0.4) is 0 Å². The lowest BCUT2D eigenvalue weighted by atomic mass is 9.73. The lowest BCUT2D eigenvalue weighted by Gasteiger charge is -2.41. The molecule has 0 unspecified atom stereocenters. The Kier molecular flexibility index (Phi) is 8.97. The number of para-hydroxylation sites is 4. The van der Waals surface area contributed by atoms with Gasteiger partial charge in [0.15, 0.2) is 0 Å². The third-order valence-electron chi connectivity index (χ3n) is 14.2. The molecule has 13 rings (SSSR count). The number of pyridine rings is 2. The van der Waals surface area contributed by atoms with E-state index < -0.39 is 0 Å². The number of allylic oxidation sites excluding steroid dienone is 4. The Bertz CT molecular complexity index is 3850. The van der Waals surface area contributed by atoms with E-state index in [1.54, 1.807) is 0 Å². The summed E-state index contributed by atoms with van der Waals surface area (Å²) in [5.41, 5.74) is 18.1. The van der Waals surface area contributed by atoms with Crippen LogP contribution in [0.1, 0.15) is 43.4 Å². The summed E-state index contributed by atoms with van der Waals surface area (Å²) in [7, 11) is 0. The molecule has 4 heterocycles. The zero-order valence-electron chi connectivity index (χ0n) is 37.5. The second kappa shape index (κ2) is 15.4. The van der Waals surface area contributed by atoms with Gasteiger partial charge in [-0.3, -0.25) is 9.47 Å². The zero-order chi connectivity index (χ0) is 44.6. The molecule has 4 nitrogen and oxygen atoms in total. The van der Waals surface area contributed by atoms with Gasteiger partial charge in [-0.15, -0.1) is 0 Å². The van der Waals surface area contributed by atoms with Gasteiger partial charge >= 0.3 is 0 Å². The van der Waals surface area contributed by atoms with Crippen LogP contribution in [0.15, 0.2) is 218 Å². The van der Waals surface area contributed by atoms with E-state index in [-0.39, 0.29) is 5.41 Å². The highest BCUT2D eigenvalue weighted by atomic mass is 15.2. The molecule has 67 heavy (non-hydrogen) atoms. The van der Waals surface area contributed by atoms with Gasteiger partial charge in [-0.1, -0.05) is 172 Å². The van der Waals surface area contributed by atoms with Crippen LogP contribution < -0.4 is 4.90 Å². The van der Waals surface area contributed by atoms with Crippen molar-refractivity contribution in [2.24, 2.45) is 0 Å². The number of hydrogen-bond acceptors (Lipinski definition) is 3. The average Bonchev–Trinajstić information content (AvgIpc) is 3.71. The van der Waals surface area contributed by atoms with Crippen molar-refractivity contribution in [3.05, 3.63) is 235 Å². The summed E-state index contributed by atoms with van der Waals surface area (Å²) < 4.78 is 2.38. The summed E-state index contributed by atoms with van der Waals surface area (Å²) >= 11 is 0. The molecule has 11 aromatic rings. The molecule has 8 aromatic carbocycles. The molecule has 0 saturated heterocycles. The SMILES string of the molecule is CC1(C)c2ccccc2N(c2cc(-c3cccc(C4=CCCC=C4)c3)c3ccccc3n2)c2cc3c(cc21)c1ccccc1n3-c1cc(-c2cccc(-c3ccccc3)c2)c2ccccc2n1. The standard InChI is InChI=1S/C63H46N4/c1-63(2)53-30-12-16-34-58(53)67(62-39-51(48-28-10-14-32-56(48)65-62)46-26-18-24-44(36-46)42-21-7-4-8-22-42)60-40-59-52(37-54(60)63)49-29-11-15-33-57(49)66(59)61-38-50(47-27-9-13-31-55(47)64-61)45-25-17-23-43(35-45)41-19-5-3-6-20-41/h3,5-7,9-40H,4,8H2,1-2H3. The molecular formula is C63H46N4. The van der Waals surface area contributed by atoms with Crippen LogP contribution in [-0.4, -0.2) is 14.5 Å². The van der Waals surface area contributed by atoms with Crippen molar-refractivity contribution < 1.29 is 0 Å². The van der Waals surface area contributed by atoms with Crippen molar-refractivity contribution in [2.75, 3.05) is 4.90 Å². The lowest BCUT2D eigenvalue weighted by molar-refractivity contribution is 0.632. The molecule has 318 valence electrons. The second-order valence-corrected chi connectivity index (χ2v) is 18.5. The molecule has 0 bridgehead atoms. The van der Waals surface area contributed by atoms with Gasteiger partial charge in [0.05, 0.1) is 33.4 Å². The molecular weight excluding hydrogens is 813 g/mol. The minimum absolute atomic E-state index is 0.312. The lowest BCUT2D eigenvalue weighted by Crippen LogP contribution is -2.31. The summed E-state index contributed by atoms with van der Waals surface area (Å²) in [6.07, 6.45) is 9.06. The summed E-state index contributed by atoms with van der Waals surface area (Å²) in [6.45, 7) is 4.74. The van der Waals surface area contributed by atoms with Crippen LogP contribution in [0, 0.1) is 0 Å². The smallest absolute Gasteiger partial charge is 0.138 e. The minimum Gasteiger partial charge on any atom is -0.294 e. The molecule has 0 saturated carbocycles. The average molecular weight is 859 g/mol. The number of fused-ring (bicyclic) bond motifs is 7. The van der Waals surface area contributed by atoms with Gasteiger partial charge in [-0.2, -0.15) is 0 Å². The minimum atomic E-state index is -0.312. The van der Waals surface area contributed by atoms with E-state index in [0.717, 1.165) is 85.4 Å². The Morgan fingerprint density at radius 1 is 0.418 bits per heavy atom. The van der Waals surface area contributed by atoms with E-state index in [4.69, 9.17) is 9.97 Å². The van der Waals surface area contributed by atoms with Crippen molar-refractivity contribution >= 4 is 66.4 Å². The third-order valence-corrected chi connectivity index (χ3v) is 14.2. The Labute approximate surface area is 390 Å². The van der Waals surface area contributed by atoms with Crippen LogP contribution in [0.2, 0.25) is 0 Å². The van der Waals surface area contributed by atoms with Crippen molar-refractivity contribution in [3.8, 4) is 39.2 Å². The van der Waals surface area contributed by atoms with E-state index in [1.165, 1.54) is 49.7 Å². The number of aromatic nitrogens is 3. The van der Waals surface area contributed by atoms with E-state index in [0.29, 0.717) is 0 Å². The molecule has 0 fully saturated rings. The van der Waals surface area contributed by atoms with Gasteiger partial charge < -0.3 is 0 Å².